The lowest BCUT2D eigenvalue weighted by atomic mass is 10.1. The van der Waals surface area contributed by atoms with Crippen LogP contribution in [0.15, 0.2) is 42.5 Å². The van der Waals surface area contributed by atoms with Gasteiger partial charge in [-0.25, -0.2) is 0 Å². The Morgan fingerprint density at radius 3 is 2.68 bits per heavy atom. The lowest BCUT2D eigenvalue weighted by Crippen LogP contribution is -2.12. The van der Waals surface area contributed by atoms with Crippen molar-refractivity contribution in [3.05, 3.63) is 51.6 Å². The number of hydrogen-bond donors (Lipinski definition) is 2. The van der Waals surface area contributed by atoms with Gasteiger partial charge in [0.15, 0.2) is 0 Å². The summed E-state index contributed by atoms with van der Waals surface area (Å²) in [4.78, 5) is 0.357. The van der Waals surface area contributed by atoms with E-state index in [0.29, 0.717) is 4.99 Å². The molecule has 0 unspecified atom stereocenters. The number of anilines is 2. The molecule has 0 aliphatic rings. The molecule has 0 spiro atoms. The normalized spacial score (nSPS) is 10.0. The minimum atomic E-state index is 0.357. The van der Waals surface area contributed by atoms with Crippen LogP contribution in [0.2, 0.25) is 0 Å². The van der Waals surface area contributed by atoms with Crippen molar-refractivity contribution in [1.29, 1.82) is 0 Å². The fraction of sp³-hybridized carbons (Fsp3) is 0.0714. The van der Waals surface area contributed by atoms with Gasteiger partial charge >= 0.3 is 0 Å². The van der Waals surface area contributed by atoms with E-state index in [-0.39, 0.29) is 0 Å². The van der Waals surface area contributed by atoms with E-state index in [0.717, 1.165) is 26.3 Å². The summed E-state index contributed by atoms with van der Waals surface area (Å²) in [5.74, 6) is 0.758. The van der Waals surface area contributed by atoms with Crippen molar-refractivity contribution in [1.82, 2.24) is 0 Å². The fourth-order valence-electron chi connectivity index (χ4n) is 1.69. The quantitative estimate of drug-likeness (QED) is 0.624. The first-order valence-corrected chi connectivity index (χ1v) is 7.09. The number of ether oxygens (including phenoxy) is 1. The van der Waals surface area contributed by atoms with Crippen molar-refractivity contribution in [2.24, 2.45) is 5.73 Å². The summed E-state index contributed by atoms with van der Waals surface area (Å²) in [5.41, 5.74) is 8.36. The van der Waals surface area contributed by atoms with Gasteiger partial charge in [0, 0.05) is 20.9 Å². The molecule has 0 aromatic heterocycles. The topological polar surface area (TPSA) is 47.3 Å². The van der Waals surface area contributed by atoms with Gasteiger partial charge in [-0.15, -0.1) is 0 Å². The predicted molar refractivity (Wildman–Crippen MR) is 91.3 cm³/mol. The molecule has 0 atom stereocenters. The SMILES string of the molecule is COc1ccc(C(N)=S)c(Nc2cccc(I)c2)c1. The number of methoxy groups -OCH3 is 1. The highest BCUT2D eigenvalue weighted by atomic mass is 127. The van der Waals surface area contributed by atoms with Gasteiger partial charge < -0.3 is 15.8 Å². The number of thiocarbonyl (C=S) groups is 1. The van der Waals surface area contributed by atoms with Gasteiger partial charge in [-0.05, 0) is 52.9 Å². The zero-order chi connectivity index (χ0) is 13.8. The molecular formula is C14H13IN2OS. The van der Waals surface area contributed by atoms with Crippen LogP contribution >= 0.6 is 34.8 Å². The Bertz CT molecular complexity index is 616. The third-order valence-electron chi connectivity index (χ3n) is 2.60. The molecule has 19 heavy (non-hydrogen) atoms. The second-order valence-corrected chi connectivity index (χ2v) is 5.60. The summed E-state index contributed by atoms with van der Waals surface area (Å²) in [7, 11) is 1.63. The Morgan fingerprint density at radius 2 is 2.05 bits per heavy atom. The summed E-state index contributed by atoms with van der Waals surface area (Å²) in [6.45, 7) is 0. The second kappa shape index (κ2) is 6.21. The summed E-state index contributed by atoms with van der Waals surface area (Å²) in [5, 5.41) is 3.32. The van der Waals surface area contributed by atoms with Gasteiger partial charge in [0.25, 0.3) is 0 Å². The molecule has 98 valence electrons. The molecule has 0 fully saturated rings. The Labute approximate surface area is 131 Å². The molecule has 0 aliphatic carbocycles. The summed E-state index contributed by atoms with van der Waals surface area (Å²) in [6.07, 6.45) is 0. The van der Waals surface area contributed by atoms with Crippen molar-refractivity contribution in [2.45, 2.75) is 0 Å². The van der Waals surface area contributed by atoms with Crippen LogP contribution in [0, 0.1) is 3.57 Å². The molecule has 0 bridgehead atoms. The number of nitrogens with one attached hydrogen (secondary N) is 1. The van der Waals surface area contributed by atoms with E-state index in [9.17, 15) is 0 Å². The highest BCUT2D eigenvalue weighted by Crippen LogP contribution is 2.26. The Hall–Kier alpha value is -1.34. The zero-order valence-electron chi connectivity index (χ0n) is 10.3. The van der Waals surface area contributed by atoms with Crippen LogP contribution in [0.4, 0.5) is 11.4 Å². The van der Waals surface area contributed by atoms with Crippen LogP contribution in [0.3, 0.4) is 0 Å². The molecule has 0 saturated heterocycles. The summed E-state index contributed by atoms with van der Waals surface area (Å²) >= 11 is 7.34. The Kier molecular flexibility index (Phi) is 4.60. The van der Waals surface area contributed by atoms with Crippen LogP contribution in [0.25, 0.3) is 0 Å². The molecule has 0 saturated carbocycles. The molecule has 2 rings (SSSR count). The molecule has 3 nitrogen and oxygen atoms in total. The zero-order valence-corrected chi connectivity index (χ0v) is 13.3. The van der Waals surface area contributed by atoms with Crippen LogP contribution in [0.5, 0.6) is 5.75 Å². The van der Waals surface area contributed by atoms with Crippen LogP contribution in [-0.2, 0) is 0 Å². The van der Waals surface area contributed by atoms with Gasteiger partial charge in [-0.3, -0.25) is 0 Å². The highest BCUT2D eigenvalue weighted by Gasteiger charge is 2.07. The molecule has 3 N–H and O–H groups in total. The number of benzene rings is 2. The van der Waals surface area contributed by atoms with Gasteiger partial charge in [-0.2, -0.15) is 0 Å². The maximum Gasteiger partial charge on any atom is 0.120 e. The third kappa shape index (κ3) is 3.57. The molecule has 0 amide bonds. The van der Waals surface area contributed by atoms with Crippen LogP contribution in [0.1, 0.15) is 5.56 Å². The van der Waals surface area contributed by atoms with E-state index in [1.165, 1.54) is 0 Å². The van der Waals surface area contributed by atoms with Crippen molar-refractivity contribution in [3.63, 3.8) is 0 Å². The number of rotatable bonds is 4. The average molecular weight is 384 g/mol. The van der Waals surface area contributed by atoms with Gasteiger partial charge in [0.05, 0.1) is 12.8 Å². The van der Waals surface area contributed by atoms with Crippen LogP contribution < -0.4 is 15.8 Å². The van der Waals surface area contributed by atoms with Crippen molar-refractivity contribution < 1.29 is 4.74 Å². The van der Waals surface area contributed by atoms with E-state index in [1.807, 2.05) is 42.5 Å². The Balaban J connectivity index is 2.39. The van der Waals surface area contributed by atoms with Gasteiger partial charge in [0.1, 0.15) is 10.7 Å². The van der Waals surface area contributed by atoms with Crippen molar-refractivity contribution >= 4 is 51.2 Å². The van der Waals surface area contributed by atoms with Crippen LogP contribution in [-0.4, -0.2) is 12.1 Å². The molecule has 0 heterocycles. The summed E-state index contributed by atoms with van der Waals surface area (Å²) < 4.78 is 6.38. The second-order valence-electron chi connectivity index (χ2n) is 3.91. The smallest absolute Gasteiger partial charge is 0.120 e. The van der Waals surface area contributed by atoms with E-state index >= 15 is 0 Å². The van der Waals surface area contributed by atoms with Crippen molar-refractivity contribution in [2.75, 3.05) is 12.4 Å². The molecule has 2 aromatic carbocycles. The molecule has 2 aromatic rings. The first-order chi connectivity index (χ1) is 9.10. The summed E-state index contributed by atoms with van der Waals surface area (Å²) in [6, 6.07) is 13.6. The van der Waals surface area contributed by atoms with E-state index in [4.69, 9.17) is 22.7 Å². The monoisotopic (exact) mass is 384 g/mol. The highest BCUT2D eigenvalue weighted by molar-refractivity contribution is 14.1. The minimum absolute atomic E-state index is 0.357. The number of nitrogens with two attached hydrogens (primary N) is 1. The first-order valence-electron chi connectivity index (χ1n) is 5.60. The standard InChI is InChI=1S/C14H13IN2OS/c1-18-11-5-6-12(14(16)19)13(8-11)17-10-4-2-3-9(15)7-10/h2-8,17H,1H3,(H2,16,19). The van der Waals surface area contributed by atoms with E-state index in [1.54, 1.807) is 7.11 Å². The predicted octanol–water partition coefficient (Wildman–Crippen LogP) is 3.68. The fourth-order valence-corrected chi connectivity index (χ4v) is 2.41. The third-order valence-corrected chi connectivity index (χ3v) is 3.49. The number of hydrogen-bond acceptors (Lipinski definition) is 3. The minimum Gasteiger partial charge on any atom is -0.497 e. The Morgan fingerprint density at radius 1 is 1.26 bits per heavy atom. The maximum atomic E-state index is 5.74. The molecular weight excluding hydrogens is 371 g/mol. The number of halogens is 1. The lowest BCUT2D eigenvalue weighted by Gasteiger charge is -2.13. The average Bonchev–Trinajstić information content (AvgIpc) is 2.38. The van der Waals surface area contributed by atoms with E-state index in [2.05, 4.69) is 27.9 Å². The maximum absolute atomic E-state index is 5.74. The van der Waals surface area contributed by atoms with E-state index < -0.39 is 0 Å². The van der Waals surface area contributed by atoms with Gasteiger partial charge in [-0.1, -0.05) is 18.3 Å². The van der Waals surface area contributed by atoms with Crippen molar-refractivity contribution in [3.8, 4) is 5.75 Å². The molecule has 0 radical (unpaired) electrons. The molecule has 5 heteroatoms. The first kappa shape index (κ1) is 14.1. The molecule has 0 aliphatic heterocycles. The largest absolute Gasteiger partial charge is 0.497 e. The van der Waals surface area contributed by atoms with Gasteiger partial charge in [0.2, 0.25) is 0 Å². The lowest BCUT2D eigenvalue weighted by molar-refractivity contribution is 0.415.